The molecular weight excluding hydrogens is 342 g/mol. The number of halogens is 1. The van der Waals surface area contributed by atoms with E-state index >= 15 is 0 Å². The largest absolute Gasteiger partial charge is 0.434 e. The normalized spacial score (nSPS) is 10.3. The third kappa shape index (κ3) is 5.28. The first-order chi connectivity index (χ1) is 11.1. The van der Waals surface area contributed by atoms with Crippen molar-refractivity contribution in [3.05, 3.63) is 45.0 Å². The van der Waals surface area contributed by atoms with Gasteiger partial charge in [-0.3, -0.25) is 0 Å². The number of hydrogen-bond acceptors (Lipinski definition) is 7. The van der Waals surface area contributed by atoms with Gasteiger partial charge in [-0.25, -0.2) is 9.13 Å². The van der Waals surface area contributed by atoms with Gasteiger partial charge >= 0.3 is 11.9 Å². The molecule has 0 saturated heterocycles. The van der Waals surface area contributed by atoms with Gasteiger partial charge in [0.2, 0.25) is 0 Å². The highest BCUT2D eigenvalue weighted by Gasteiger charge is 2.14. The molecule has 132 valence electrons. The van der Waals surface area contributed by atoms with Gasteiger partial charge in [0, 0.05) is 0 Å². The summed E-state index contributed by atoms with van der Waals surface area (Å²) < 4.78 is 2.99. The summed E-state index contributed by atoms with van der Waals surface area (Å²) in [6.07, 6.45) is 7.42. The Morgan fingerprint density at radius 2 is 1.33 bits per heavy atom. The van der Waals surface area contributed by atoms with Gasteiger partial charge in [-0.1, -0.05) is 9.97 Å². The highest BCUT2D eigenvalue weighted by atomic mass is 35.5. The van der Waals surface area contributed by atoms with Crippen molar-refractivity contribution < 1.29 is 9.85 Å². The molecule has 2 rings (SSSR count). The van der Waals surface area contributed by atoms with Crippen LogP contribution in [0.5, 0.6) is 0 Å². The second-order valence-corrected chi connectivity index (χ2v) is 4.81. The number of hydrogen-bond donors (Lipinski definition) is 1. The van der Waals surface area contributed by atoms with Crippen LogP contribution in [0.15, 0.2) is 24.8 Å². The topological polar surface area (TPSA) is 134 Å². The van der Waals surface area contributed by atoms with E-state index in [9.17, 15) is 20.2 Å². The third-order valence-corrected chi connectivity index (χ3v) is 3.22. The zero-order valence-corrected chi connectivity index (χ0v) is 13.6. The van der Waals surface area contributed by atoms with E-state index in [0.29, 0.717) is 26.2 Å². The summed E-state index contributed by atoms with van der Waals surface area (Å²) in [6, 6.07) is 0. The number of nitrogens with zero attached hydrogens (tertiary/aromatic N) is 6. The van der Waals surface area contributed by atoms with Gasteiger partial charge < -0.3 is 25.5 Å². The minimum Gasteiger partial charge on any atom is -0.390 e. The standard InChI is InChI=1S/C12H17N7O4.ClH/c20-18(21)11-14-5-9-16(11)7-1-3-13-4-2-8-17-10-6-15-12(17)19(22)23;/h5-6,9-10,13H,1-4,7-8H2;1H. The van der Waals surface area contributed by atoms with E-state index in [2.05, 4.69) is 15.3 Å². The van der Waals surface area contributed by atoms with Crippen LogP contribution in [-0.2, 0) is 13.1 Å². The second kappa shape index (κ2) is 9.57. The maximum Gasteiger partial charge on any atom is 0.434 e. The first-order valence-corrected chi connectivity index (χ1v) is 7.11. The van der Waals surface area contributed by atoms with Gasteiger partial charge in [-0.15, -0.1) is 12.4 Å². The lowest BCUT2D eigenvalue weighted by Gasteiger charge is -2.05. The predicted molar refractivity (Wildman–Crippen MR) is 87.1 cm³/mol. The zero-order chi connectivity index (χ0) is 16.7. The Balaban J connectivity index is 0.00000288. The monoisotopic (exact) mass is 359 g/mol. The molecule has 0 aromatic carbocycles. The maximum absolute atomic E-state index is 10.7. The zero-order valence-electron chi connectivity index (χ0n) is 12.8. The highest BCUT2D eigenvalue weighted by Crippen LogP contribution is 2.08. The van der Waals surface area contributed by atoms with Crippen molar-refractivity contribution in [3.63, 3.8) is 0 Å². The number of nitro groups is 2. The number of imidazole rings is 2. The summed E-state index contributed by atoms with van der Waals surface area (Å²) in [4.78, 5) is 27.7. The SMILES string of the molecule is Cl.O=[N+]([O-])c1nccn1CCCNCCCn1ccnc1[N+](=O)[O-]. The van der Waals surface area contributed by atoms with E-state index in [1.165, 1.54) is 21.5 Å². The minimum absolute atomic E-state index is 0. The molecule has 12 heteroatoms. The predicted octanol–water partition coefficient (Wildman–Crippen LogP) is 1.39. The van der Waals surface area contributed by atoms with Crippen LogP contribution in [0.4, 0.5) is 11.9 Å². The summed E-state index contributed by atoms with van der Waals surface area (Å²) in [6.45, 7) is 2.41. The van der Waals surface area contributed by atoms with Crippen LogP contribution in [0, 0.1) is 20.2 Å². The lowest BCUT2D eigenvalue weighted by molar-refractivity contribution is -0.396. The highest BCUT2D eigenvalue weighted by molar-refractivity contribution is 5.85. The molecule has 0 unspecified atom stereocenters. The van der Waals surface area contributed by atoms with E-state index in [1.807, 2.05) is 0 Å². The van der Waals surface area contributed by atoms with Crippen molar-refractivity contribution in [2.45, 2.75) is 25.9 Å². The summed E-state index contributed by atoms with van der Waals surface area (Å²) in [7, 11) is 0. The molecule has 0 aliphatic rings. The van der Waals surface area contributed by atoms with Crippen LogP contribution in [-0.4, -0.2) is 42.0 Å². The fraction of sp³-hybridized carbons (Fsp3) is 0.500. The van der Waals surface area contributed by atoms with Gasteiger partial charge in [0.25, 0.3) is 0 Å². The van der Waals surface area contributed by atoms with Gasteiger partial charge in [-0.05, 0) is 35.8 Å². The number of aromatic nitrogens is 4. The first-order valence-electron chi connectivity index (χ1n) is 7.11. The molecule has 0 radical (unpaired) electrons. The van der Waals surface area contributed by atoms with Gasteiger partial charge in [0.15, 0.2) is 0 Å². The Bertz CT molecular complexity index is 616. The number of aryl methyl sites for hydroxylation is 2. The Morgan fingerprint density at radius 3 is 1.71 bits per heavy atom. The Labute approximate surface area is 143 Å². The quantitative estimate of drug-likeness (QED) is 0.384. The van der Waals surface area contributed by atoms with Gasteiger partial charge in [0.1, 0.15) is 24.8 Å². The van der Waals surface area contributed by atoms with E-state index in [-0.39, 0.29) is 24.3 Å². The average Bonchev–Trinajstić information content (AvgIpc) is 3.14. The molecule has 2 heterocycles. The second-order valence-electron chi connectivity index (χ2n) is 4.81. The van der Waals surface area contributed by atoms with Crippen LogP contribution >= 0.6 is 12.4 Å². The molecule has 0 amide bonds. The van der Waals surface area contributed by atoms with Crippen molar-refractivity contribution in [1.82, 2.24) is 24.4 Å². The summed E-state index contributed by atoms with van der Waals surface area (Å²) >= 11 is 0. The van der Waals surface area contributed by atoms with Crippen molar-refractivity contribution in [2.75, 3.05) is 13.1 Å². The Hall–Kier alpha value is -2.53. The summed E-state index contributed by atoms with van der Waals surface area (Å²) in [5.41, 5.74) is 0. The van der Waals surface area contributed by atoms with Crippen LogP contribution in [0.2, 0.25) is 0 Å². The first kappa shape index (κ1) is 19.5. The molecule has 2 aromatic rings. The molecule has 0 fully saturated rings. The van der Waals surface area contributed by atoms with E-state index in [1.54, 1.807) is 12.4 Å². The lowest BCUT2D eigenvalue weighted by Crippen LogP contribution is -2.20. The molecule has 1 N–H and O–H groups in total. The fourth-order valence-electron chi connectivity index (χ4n) is 2.17. The molecule has 0 aliphatic heterocycles. The van der Waals surface area contributed by atoms with E-state index in [0.717, 1.165) is 12.8 Å². The molecule has 0 atom stereocenters. The van der Waals surface area contributed by atoms with Crippen LogP contribution in [0.3, 0.4) is 0 Å². The summed E-state index contributed by atoms with van der Waals surface area (Å²) in [5, 5.41) is 24.6. The average molecular weight is 360 g/mol. The minimum atomic E-state index is -0.508. The van der Waals surface area contributed by atoms with Crippen LogP contribution in [0.1, 0.15) is 12.8 Å². The maximum atomic E-state index is 10.7. The summed E-state index contributed by atoms with van der Waals surface area (Å²) in [5.74, 6) is -0.310. The molecule has 24 heavy (non-hydrogen) atoms. The van der Waals surface area contributed by atoms with Gasteiger partial charge in [-0.2, -0.15) is 0 Å². The number of rotatable bonds is 10. The van der Waals surface area contributed by atoms with E-state index < -0.39 is 9.85 Å². The van der Waals surface area contributed by atoms with Gasteiger partial charge in [0.05, 0.1) is 13.1 Å². The third-order valence-electron chi connectivity index (χ3n) is 3.22. The van der Waals surface area contributed by atoms with E-state index in [4.69, 9.17) is 0 Å². The van der Waals surface area contributed by atoms with Crippen molar-refractivity contribution in [1.29, 1.82) is 0 Å². The number of nitrogens with one attached hydrogen (secondary N) is 1. The Morgan fingerprint density at radius 1 is 0.917 bits per heavy atom. The molecular formula is C12H18ClN7O4. The Kier molecular flexibility index (Phi) is 7.79. The van der Waals surface area contributed by atoms with Crippen molar-refractivity contribution >= 4 is 24.3 Å². The molecule has 0 bridgehead atoms. The van der Waals surface area contributed by atoms with Crippen molar-refractivity contribution in [2.24, 2.45) is 0 Å². The smallest absolute Gasteiger partial charge is 0.390 e. The molecule has 2 aromatic heterocycles. The molecule has 0 aliphatic carbocycles. The van der Waals surface area contributed by atoms with Crippen LogP contribution in [0.25, 0.3) is 0 Å². The lowest BCUT2D eigenvalue weighted by atomic mass is 10.3. The molecule has 11 nitrogen and oxygen atoms in total. The van der Waals surface area contributed by atoms with Crippen LogP contribution < -0.4 is 5.32 Å². The van der Waals surface area contributed by atoms with Crippen molar-refractivity contribution in [3.8, 4) is 0 Å². The molecule has 0 spiro atoms. The molecule has 0 saturated carbocycles. The fourth-order valence-corrected chi connectivity index (χ4v) is 2.17.